The number of morpholine rings is 1. The van der Waals surface area contributed by atoms with Gasteiger partial charge in [-0.05, 0) is 6.26 Å². The van der Waals surface area contributed by atoms with E-state index in [4.69, 9.17) is 10.5 Å². The summed E-state index contributed by atoms with van der Waals surface area (Å²) in [4.78, 5) is 16.0. The van der Waals surface area contributed by atoms with Gasteiger partial charge in [0.15, 0.2) is 5.78 Å². The molecule has 21 heavy (non-hydrogen) atoms. The average molecular weight is 329 g/mol. The first-order valence-electron chi connectivity index (χ1n) is 7.20. The summed E-state index contributed by atoms with van der Waals surface area (Å²) in [6, 6.07) is 0. The average Bonchev–Trinajstić information content (AvgIpc) is 2.83. The van der Waals surface area contributed by atoms with Crippen LogP contribution in [0.15, 0.2) is 4.90 Å². The molecule has 0 bridgehead atoms. The third kappa shape index (κ3) is 4.12. The fraction of sp³-hybridized carbons (Fsp3) is 0.643. The Balaban J connectivity index is 1.97. The van der Waals surface area contributed by atoms with Crippen molar-refractivity contribution in [3.8, 4) is 0 Å². The van der Waals surface area contributed by atoms with Crippen LogP contribution >= 0.6 is 23.1 Å². The minimum absolute atomic E-state index is 0.119. The number of rotatable bonds is 7. The van der Waals surface area contributed by atoms with Gasteiger partial charge >= 0.3 is 0 Å². The molecule has 0 unspecified atom stereocenters. The number of nitrogens with one attached hydrogen (secondary N) is 1. The third-order valence-electron chi connectivity index (χ3n) is 3.50. The molecule has 5 nitrogen and oxygen atoms in total. The van der Waals surface area contributed by atoms with Gasteiger partial charge in [0, 0.05) is 32.6 Å². The number of hydrogen-bond acceptors (Lipinski definition) is 7. The Morgan fingerprint density at radius 2 is 2.19 bits per heavy atom. The number of Topliss-reactive ketones (excluding diaryl/α,β-unsaturated/α-hetero) is 1. The molecule has 1 aliphatic heterocycles. The molecule has 3 N–H and O–H groups in total. The Morgan fingerprint density at radius 1 is 1.48 bits per heavy atom. The van der Waals surface area contributed by atoms with Crippen LogP contribution < -0.4 is 11.1 Å². The molecule has 1 aliphatic rings. The third-order valence-corrected chi connectivity index (χ3v) is 5.66. The zero-order chi connectivity index (χ0) is 15.2. The summed E-state index contributed by atoms with van der Waals surface area (Å²) >= 11 is 3.07. The number of ketones is 1. The smallest absolute Gasteiger partial charge is 0.174 e. The first-order valence-corrected chi connectivity index (χ1v) is 9.24. The van der Waals surface area contributed by atoms with E-state index in [2.05, 4.69) is 10.2 Å². The second-order valence-corrected chi connectivity index (χ2v) is 6.70. The molecule has 1 aromatic heterocycles. The molecule has 0 atom stereocenters. The van der Waals surface area contributed by atoms with Crippen LogP contribution in [0.5, 0.6) is 0 Å². The summed E-state index contributed by atoms with van der Waals surface area (Å²) < 4.78 is 5.34. The van der Waals surface area contributed by atoms with Crippen molar-refractivity contribution in [2.75, 3.05) is 56.7 Å². The van der Waals surface area contributed by atoms with Crippen LogP contribution in [0.2, 0.25) is 0 Å². The van der Waals surface area contributed by atoms with Gasteiger partial charge in [-0.3, -0.25) is 9.69 Å². The van der Waals surface area contributed by atoms with E-state index in [1.54, 1.807) is 11.8 Å². The van der Waals surface area contributed by atoms with Gasteiger partial charge in [-0.25, -0.2) is 0 Å². The number of nitrogens with zero attached hydrogens (tertiary/aromatic N) is 1. The number of carbonyl (C=O) groups excluding carboxylic acids is 1. The van der Waals surface area contributed by atoms with Crippen molar-refractivity contribution in [3.63, 3.8) is 0 Å². The maximum absolute atomic E-state index is 11.9. The van der Waals surface area contributed by atoms with Gasteiger partial charge in [0.05, 0.1) is 28.7 Å². The van der Waals surface area contributed by atoms with Crippen molar-refractivity contribution in [2.45, 2.75) is 18.2 Å². The Hall–Kier alpha value is -0.760. The van der Waals surface area contributed by atoms with Crippen molar-refractivity contribution in [2.24, 2.45) is 0 Å². The predicted octanol–water partition coefficient (Wildman–Crippen LogP) is 2.39. The fourth-order valence-corrected chi connectivity index (χ4v) is 4.34. The highest BCUT2D eigenvalue weighted by molar-refractivity contribution is 7.99. The number of hydrogen-bond donors (Lipinski definition) is 2. The first kappa shape index (κ1) is 16.6. The van der Waals surface area contributed by atoms with E-state index in [1.807, 2.05) is 13.2 Å². The molecule has 1 saturated heterocycles. The Bertz CT molecular complexity index is 485. The minimum Gasteiger partial charge on any atom is -0.396 e. The fourth-order valence-electron chi connectivity index (χ4n) is 2.27. The number of anilines is 2. The van der Waals surface area contributed by atoms with E-state index in [0.29, 0.717) is 17.0 Å². The topological polar surface area (TPSA) is 67.6 Å². The molecular formula is C14H23N3O2S2. The highest BCUT2D eigenvalue weighted by atomic mass is 32.2. The van der Waals surface area contributed by atoms with Crippen LogP contribution in [-0.2, 0) is 4.74 Å². The van der Waals surface area contributed by atoms with Gasteiger partial charge in [0.1, 0.15) is 5.00 Å². The Kier molecular flexibility index (Phi) is 6.35. The van der Waals surface area contributed by atoms with Gasteiger partial charge < -0.3 is 15.8 Å². The molecule has 1 aromatic rings. The maximum Gasteiger partial charge on any atom is 0.174 e. The lowest BCUT2D eigenvalue weighted by Gasteiger charge is -2.26. The zero-order valence-corrected chi connectivity index (χ0v) is 14.2. The first-order chi connectivity index (χ1) is 10.2. The Labute approximate surface area is 134 Å². The van der Waals surface area contributed by atoms with Gasteiger partial charge in [0.2, 0.25) is 0 Å². The van der Waals surface area contributed by atoms with Crippen molar-refractivity contribution >= 4 is 39.6 Å². The van der Waals surface area contributed by atoms with E-state index in [9.17, 15) is 4.79 Å². The second kappa shape index (κ2) is 8.03. The number of ether oxygens (including phenoxy) is 1. The normalized spacial score (nSPS) is 16.1. The SMILES string of the molecule is CCC(=O)c1sc(NCCN2CCOCC2)c(SC)c1N. The molecule has 0 aliphatic carbocycles. The lowest BCUT2D eigenvalue weighted by molar-refractivity contribution is 0.0398. The summed E-state index contributed by atoms with van der Waals surface area (Å²) in [6.45, 7) is 7.31. The van der Waals surface area contributed by atoms with Crippen LogP contribution in [0, 0.1) is 0 Å². The second-order valence-electron chi connectivity index (χ2n) is 4.86. The minimum atomic E-state index is 0.119. The predicted molar refractivity (Wildman–Crippen MR) is 90.9 cm³/mol. The largest absolute Gasteiger partial charge is 0.396 e. The molecular weight excluding hydrogens is 306 g/mol. The van der Waals surface area contributed by atoms with Crippen LogP contribution in [0.3, 0.4) is 0 Å². The summed E-state index contributed by atoms with van der Waals surface area (Å²) in [5.74, 6) is 0.119. The molecule has 0 saturated carbocycles. The van der Waals surface area contributed by atoms with Gasteiger partial charge in [-0.15, -0.1) is 23.1 Å². The van der Waals surface area contributed by atoms with Crippen LogP contribution in [0.25, 0.3) is 0 Å². The van der Waals surface area contributed by atoms with Gasteiger partial charge in [0.25, 0.3) is 0 Å². The molecule has 2 heterocycles. The summed E-state index contributed by atoms with van der Waals surface area (Å²) in [7, 11) is 0. The maximum atomic E-state index is 11.9. The lowest BCUT2D eigenvalue weighted by atomic mass is 10.2. The summed E-state index contributed by atoms with van der Waals surface area (Å²) in [5, 5.41) is 4.45. The van der Waals surface area contributed by atoms with E-state index >= 15 is 0 Å². The number of carbonyl (C=O) groups is 1. The molecule has 0 spiro atoms. The monoisotopic (exact) mass is 329 g/mol. The highest BCUT2D eigenvalue weighted by Gasteiger charge is 2.19. The standard InChI is InChI=1S/C14H23N3O2S2/c1-3-10(18)12-11(15)13(20-2)14(21-12)16-4-5-17-6-8-19-9-7-17/h16H,3-9,15H2,1-2H3. The molecule has 118 valence electrons. The summed E-state index contributed by atoms with van der Waals surface area (Å²) in [6.07, 6.45) is 2.48. The molecule has 0 aromatic carbocycles. The van der Waals surface area contributed by atoms with E-state index in [0.717, 1.165) is 49.3 Å². The van der Waals surface area contributed by atoms with E-state index < -0.39 is 0 Å². The molecule has 2 rings (SSSR count). The van der Waals surface area contributed by atoms with Crippen molar-refractivity contribution in [1.82, 2.24) is 4.90 Å². The zero-order valence-electron chi connectivity index (χ0n) is 12.6. The number of thiophene rings is 1. The molecule has 0 radical (unpaired) electrons. The van der Waals surface area contributed by atoms with Gasteiger partial charge in [-0.1, -0.05) is 6.92 Å². The Morgan fingerprint density at radius 3 is 2.81 bits per heavy atom. The molecule has 1 fully saturated rings. The number of nitrogens with two attached hydrogens (primary N) is 1. The van der Waals surface area contributed by atoms with Crippen molar-refractivity contribution in [1.29, 1.82) is 0 Å². The quantitative estimate of drug-likeness (QED) is 0.591. The molecule has 7 heteroatoms. The van der Waals surface area contributed by atoms with Crippen LogP contribution in [-0.4, -0.2) is 56.3 Å². The van der Waals surface area contributed by atoms with Crippen molar-refractivity contribution in [3.05, 3.63) is 4.88 Å². The number of thioether (sulfide) groups is 1. The van der Waals surface area contributed by atoms with Crippen molar-refractivity contribution < 1.29 is 9.53 Å². The van der Waals surface area contributed by atoms with Crippen LogP contribution in [0.1, 0.15) is 23.0 Å². The number of nitrogen functional groups attached to an aromatic ring is 1. The van der Waals surface area contributed by atoms with E-state index in [-0.39, 0.29) is 5.78 Å². The summed E-state index contributed by atoms with van der Waals surface area (Å²) in [5.41, 5.74) is 6.74. The highest BCUT2D eigenvalue weighted by Crippen LogP contribution is 2.42. The lowest BCUT2D eigenvalue weighted by Crippen LogP contribution is -2.38. The van der Waals surface area contributed by atoms with E-state index in [1.165, 1.54) is 11.3 Å². The van der Waals surface area contributed by atoms with Gasteiger partial charge in [-0.2, -0.15) is 0 Å². The molecule has 0 amide bonds. The van der Waals surface area contributed by atoms with Crippen LogP contribution in [0.4, 0.5) is 10.7 Å².